The third kappa shape index (κ3) is 3.71. The summed E-state index contributed by atoms with van der Waals surface area (Å²) in [4.78, 5) is 0. The normalized spacial score (nSPS) is 11.4. The van der Waals surface area contributed by atoms with E-state index in [1.54, 1.807) is 0 Å². The number of benzene rings is 2. The maximum Gasteiger partial charge on any atom is 0.213 e. The Bertz CT molecular complexity index is 736. The summed E-state index contributed by atoms with van der Waals surface area (Å²) in [6, 6.07) is 17.3. The number of nitrogens with zero attached hydrogens (tertiary/aromatic N) is 1. The molecule has 116 valence electrons. The van der Waals surface area contributed by atoms with Crippen molar-refractivity contribution in [3.05, 3.63) is 54.1 Å². The Labute approximate surface area is 130 Å². The fourth-order valence-corrected chi connectivity index (χ4v) is 2.70. The molecule has 3 aromatic rings. The number of hydrogen-bond acceptors (Lipinski definition) is 4. The van der Waals surface area contributed by atoms with E-state index < -0.39 is 10.2 Å². The van der Waals surface area contributed by atoms with Gasteiger partial charge < -0.3 is 0 Å². The lowest BCUT2D eigenvalue weighted by Gasteiger charge is -2.17. The van der Waals surface area contributed by atoms with Crippen molar-refractivity contribution >= 4 is 21.8 Å². The van der Waals surface area contributed by atoms with Gasteiger partial charge in [-0.3, -0.25) is 0 Å². The molecular formula is C16H16ClNO4. The van der Waals surface area contributed by atoms with Crippen LogP contribution in [0.3, 0.4) is 0 Å². The van der Waals surface area contributed by atoms with Gasteiger partial charge >= 0.3 is 0 Å². The van der Waals surface area contributed by atoms with Crippen molar-refractivity contribution in [2.45, 2.75) is 13.3 Å². The molecule has 0 saturated heterocycles. The standard InChI is InChI=1S/C16H16N.ClHO4/c1-3-12-13-8-4-6-10-15(13)17(2)16-11-7-5-9-14(12)16;2-1(3,4)5/h4-11H,3H2,1-2H3;(H,2,3,4,5)/q+1;/p-1. The third-order valence-corrected chi connectivity index (χ3v) is 3.53. The van der Waals surface area contributed by atoms with Crippen LogP contribution in [0.1, 0.15) is 12.5 Å². The monoisotopic (exact) mass is 321 g/mol. The average Bonchev–Trinajstić information content (AvgIpc) is 2.46. The van der Waals surface area contributed by atoms with Crippen LogP contribution in [0.4, 0.5) is 0 Å². The van der Waals surface area contributed by atoms with Crippen molar-refractivity contribution in [1.82, 2.24) is 0 Å². The summed E-state index contributed by atoms with van der Waals surface area (Å²) in [5.41, 5.74) is 4.07. The molecule has 0 bridgehead atoms. The number of aryl methyl sites for hydroxylation is 2. The molecule has 0 fully saturated rings. The average molecular weight is 322 g/mol. The lowest BCUT2D eigenvalue weighted by Crippen LogP contribution is -2.68. The number of para-hydroxylation sites is 2. The van der Waals surface area contributed by atoms with E-state index in [9.17, 15) is 0 Å². The molecule has 0 saturated carbocycles. The predicted molar refractivity (Wildman–Crippen MR) is 72.0 cm³/mol. The molecule has 1 aromatic heterocycles. The molecule has 0 spiro atoms. The highest BCUT2D eigenvalue weighted by atomic mass is 35.7. The Hall–Kier alpha value is -1.76. The summed E-state index contributed by atoms with van der Waals surface area (Å²) in [5.74, 6) is 0. The topological polar surface area (TPSA) is 96.1 Å². The molecule has 6 heteroatoms. The zero-order valence-electron chi connectivity index (χ0n) is 12.3. The second kappa shape index (κ2) is 6.56. The highest BCUT2D eigenvalue weighted by molar-refractivity contribution is 5.93. The van der Waals surface area contributed by atoms with Gasteiger partial charge in [0.15, 0.2) is 0 Å². The highest BCUT2D eigenvalue weighted by Gasteiger charge is 2.15. The van der Waals surface area contributed by atoms with Crippen LogP contribution in [0.5, 0.6) is 0 Å². The van der Waals surface area contributed by atoms with E-state index in [1.807, 2.05) is 0 Å². The van der Waals surface area contributed by atoms with Crippen LogP contribution in [-0.4, -0.2) is 0 Å². The Balaban J connectivity index is 0.000000309. The first-order valence-electron chi connectivity index (χ1n) is 6.73. The molecule has 0 radical (unpaired) electrons. The summed E-state index contributed by atoms with van der Waals surface area (Å²) in [7, 11) is -2.80. The van der Waals surface area contributed by atoms with Crippen molar-refractivity contribution in [1.29, 1.82) is 0 Å². The van der Waals surface area contributed by atoms with Crippen LogP contribution in [0.2, 0.25) is 0 Å². The van der Waals surface area contributed by atoms with E-state index in [0.717, 1.165) is 6.42 Å². The second-order valence-corrected chi connectivity index (χ2v) is 5.56. The van der Waals surface area contributed by atoms with Gasteiger partial charge in [-0.2, -0.15) is 4.57 Å². The smallest absolute Gasteiger partial charge is 0.213 e. The van der Waals surface area contributed by atoms with E-state index in [4.69, 9.17) is 18.6 Å². The first-order valence-corrected chi connectivity index (χ1v) is 7.96. The first-order chi connectivity index (χ1) is 10.3. The molecule has 0 unspecified atom stereocenters. The predicted octanol–water partition coefficient (Wildman–Crippen LogP) is -1.38. The molecular weight excluding hydrogens is 306 g/mol. The lowest BCUT2D eigenvalue weighted by molar-refractivity contribution is -2.00. The van der Waals surface area contributed by atoms with Crippen molar-refractivity contribution in [2.24, 2.45) is 7.05 Å². The SMILES string of the molecule is CCc1c2ccccc2[n+](C)c2ccccc12.[O-][Cl+3]([O-])([O-])[O-]. The maximum absolute atomic E-state index is 8.49. The van der Waals surface area contributed by atoms with Gasteiger partial charge in [0.1, 0.15) is 7.05 Å². The van der Waals surface area contributed by atoms with Crippen molar-refractivity contribution in [3.8, 4) is 0 Å². The number of hydrogen-bond donors (Lipinski definition) is 0. The van der Waals surface area contributed by atoms with Crippen LogP contribution in [0, 0.1) is 10.2 Å². The number of rotatable bonds is 1. The minimum Gasteiger partial charge on any atom is -0.222 e. The van der Waals surface area contributed by atoms with E-state index in [1.165, 1.54) is 27.4 Å². The van der Waals surface area contributed by atoms with Crippen molar-refractivity contribution < 1.29 is 33.4 Å². The van der Waals surface area contributed by atoms with Gasteiger partial charge in [0, 0.05) is 12.1 Å². The molecule has 0 aliphatic heterocycles. The fourth-order valence-electron chi connectivity index (χ4n) is 2.70. The molecule has 0 N–H and O–H groups in total. The molecule has 0 aliphatic carbocycles. The second-order valence-electron chi connectivity index (χ2n) is 4.80. The lowest BCUT2D eigenvalue weighted by atomic mass is 10.0. The summed E-state index contributed by atoms with van der Waals surface area (Å²) in [6.07, 6.45) is 1.07. The van der Waals surface area contributed by atoms with Gasteiger partial charge in [-0.15, -0.1) is 10.2 Å². The molecule has 1 heterocycles. The Kier molecular flexibility index (Phi) is 4.95. The van der Waals surface area contributed by atoms with Crippen LogP contribution in [0.15, 0.2) is 48.5 Å². The van der Waals surface area contributed by atoms with E-state index >= 15 is 0 Å². The van der Waals surface area contributed by atoms with Crippen LogP contribution in [-0.2, 0) is 13.5 Å². The zero-order valence-corrected chi connectivity index (χ0v) is 13.0. The first kappa shape index (κ1) is 16.6. The van der Waals surface area contributed by atoms with Gasteiger partial charge in [-0.05, 0) is 24.1 Å². The van der Waals surface area contributed by atoms with Crippen LogP contribution >= 0.6 is 0 Å². The molecule has 0 aliphatic rings. The summed E-state index contributed by atoms with van der Waals surface area (Å²) in [5, 5.41) is 2.74. The van der Waals surface area contributed by atoms with Crippen molar-refractivity contribution in [3.63, 3.8) is 0 Å². The molecule has 22 heavy (non-hydrogen) atoms. The molecule has 0 amide bonds. The fraction of sp³-hybridized carbons (Fsp3) is 0.188. The minimum atomic E-state index is -4.94. The van der Waals surface area contributed by atoms with Crippen LogP contribution < -0.4 is 23.2 Å². The minimum absolute atomic E-state index is 1.07. The highest BCUT2D eigenvalue weighted by Crippen LogP contribution is 2.24. The number of pyridine rings is 1. The Morgan fingerprint density at radius 2 is 1.18 bits per heavy atom. The molecule has 5 nitrogen and oxygen atoms in total. The molecule has 2 aromatic carbocycles. The van der Waals surface area contributed by atoms with Gasteiger partial charge in [0.25, 0.3) is 0 Å². The van der Waals surface area contributed by atoms with Gasteiger partial charge in [-0.1, -0.05) is 31.2 Å². The van der Waals surface area contributed by atoms with Gasteiger partial charge in [0.05, 0.1) is 10.8 Å². The molecule has 0 atom stereocenters. The Morgan fingerprint density at radius 3 is 1.55 bits per heavy atom. The van der Waals surface area contributed by atoms with Crippen molar-refractivity contribution in [2.75, 3.05) is 0 Å². The van der Waals surface area contributed by atoms with E-state index in [-0.39, 0.29) is 0 Å². The van der Waals surface area contributed by atoms with Gasteiger partial charge in [-0.25, -0.2) is 18.6 Å². The molecule has 3 rings (SSSR count). The summed E-state index contributed by atoms with van der Waals surface area (Å²) in [6.45, 7) is 2.23. The third-order valence-electron chi connectivity index (χ3n) is 3.53. The quantitative estimate of drug-likeness (QED) is 0.408. The largest absolute Gasteiger partial charge is 0.222 e. The summed E-state index contributed by atoms with van der Waals surface area (Å²) < 4.78 is 36.3. The van der Waals surface area contributed by atoms with E-state index in [0.29, 0.717) is 0 Å². The maximum atomic E-state index is 8.49. The number of fused-ring (bicyclic) bond motifs is 2. The zero-order chi connectivity index (χ0) is 16.3. The van der Waals surface area contributed by atoms with Crippen LogP contribution in [0.25, 0.3) is 21.8 Å². The summed E-state index contributed by atoms with van der Waals surface area (Å²) >= 11 is 0. The van der Waals surface area contributed by atoms with E-state index in [2.05, 4.69) is 67.1 Å². The number of halogens is 1. The van der Waals surface area contributed by atoms with Gasteiger partial charge in [0.2, 0.25) is 11.0 Å². The number of aromatic nitrogens is 1. The Morgan fingerprint density at radius 1 is 0.818 bits per heavy atom.